The Morgan fingerprint density at radius 3 is 2.70 bits per heavy atom. The first-order chi connectivity index (χ1) is 11.0. The zero-order chi connectivity index (χ0) is 17.2. The lowest BCUT2D eigenvalue weighted by molar-refractivity contribution is -0.385. The number of nitrogens with one attached hydrogen (secondary N) is 2. The van der Waals surface area contributed by atoms with Crippen LogP contribution in [-0.4, -0.2) is 16.6 Å². The van der Waals surface area contributed by atoms with Crippen LogP contribution in [0.3, 0.4) is 0 Å². The van der Waals surface area contributed by atoms with E-state index >= 15 is 0 Å². The van der Waals surface area contributed by atoms with Gasteiger partial charge in [-0.05, 0) is 30.1 Å². The lowest BCUT2D eigenvalue weighted by Gasteiger charge is -2.18. The van der Waals surface area contributed by atoms with Crippen molar-refractivity contribution in [3.63, 3.8) is 0 Å². The van der Waals surface area contributed by atoms with Gasteiger partial charge in [0.25, 0.3) is 5.69 Å². The van der Waals surface area contributed by atoms with Gasteiger partial charge in [0.2, 0.25) is 0 Å². The molecule has 1 rings (SSSR count). The van der Waals surface area contributed by atoms with Crippen molar-refractivity contribution in [1.82, 2.24) is 10.6 Å². The van der Waals surface area contributed by atoms with E-state index in [9.17, 15) is 15.2 Å². The minimum Gasteiger partial charge on any atom is -0.872 e. The Morgan fingerprint density at radius 1 is 1.35 bits per heavy atom. The molecule has 0 fully saturated rings. The highest BCUT2D eigenvalue weighted by atomic mass is 32.1. The van der Waals surface area contributed by atoms with E-state index < -0.39 is 4.92 Å². The molecule has 7 heteroatoms. The maximum Gasteiger partial charge on any atom is 0.269 e. The maximum absolute atomic E-state index is 11.7. The normalized spacial score (nSPS) is 11.7. The van der Waals surface area contributed by atoms with Crippen molar-refractivity contribution in [1.29, 1.82) is 0 Å². The third-order valence-electron chi connectivity index (χ3n) is 3.79. The average Bonchev–Trinajstić information content (AvgIpc) is 2.54. The smallest absolute Gasteiger partial charge is 0.269 e. The Labute approximate surface area is 142 Å². The third-order valence-corrected chi connectivity index (χ3v) is 4.08. The molecule has 0 bridgehead atoms. The summed E-state index contributed by atoms with van der Waals surface area (Å²) >= 11 is 5.20. The fourth-order valence-electron chi connectivity index (χ4n) is 2.24. The highest BCUT2D eigenvalue weighted by Crippen LogP contribution is 2.20. The molecule has 0 aliphatic carbocycles. The van der Waals surface area contributed by atoms with Gasteiger partial charge in [0.1, 0.15) is 0 Å². The first-order valence-corrected chi connectivity index (χ1v) is 8.34. The van der Waals surface area contributed by atoms with Crippen LogP contribution in [0.5, 0.6) is 5.75 Å². The molecule has 0 spiro atoms. The number of hydrogen-bond donors (Lipinski definition) is 2. The molecule has 0 aliphatic heterocycles. The van der Waals surface area contributed by atoms with Crippen molar-refractivity contribution in [2.24, 2.45) is 5.92 Å². The number of thiocarbonyl (C=S) groups is 1. The molecule has 23 heavy (non-hydrogen) atoms. The van der Waals surface area contributed by atoms with Crippen LogP contribution in [0.15, 0.2) is 18.2 Å². The highest BCUT2D eigenvalue weighted by molar-refractivity contribution is 7.80. The van der Waals surface area contributed by atoms with Crippen LogP contribution in [0.25, 0.3) is 0 Å². The molecule has 0 radical (unpaired) electrons. The largest absolute Gasteiger partial charge is 0.872 e. The van der Waals surface area contributed by atoms with Gasteiger partial charge in [0.15, 0.2) is 5.11 Å². The number of non-ortho nitro benzene ring substituents is 1. The molecule has 0 amide bonds. The Kier molecular flexibility index (Phi) is 8.32. The summed E-state index contributed by atoms with van der Waals surface area (Å²) in [6, 6.07) is 3.71. The van der Waals surface area contributed by atoms with E-state index in [0.717, 1.165) is 19.4 Å². The van der Waals surface area contributed by atoms with Crippen molar-refractivity contribution in [2.75, 3.05) is 6.54 Å². The first-order valence-electron chi connectivity index (χ1n) is 7.93. The molecule has 1 aromatic carbocycles. The summed E-state index contributed by atoms with van der Waals surface area (Å²) < 4.78 is 0. The van der Waals surface area contributed by atoms with Crippen molar-refractivity contribution >= 4 is 23.0 Å². The topological polar surface area (TPSA) is 90.3 Å². The van der Waals surface area contributed by atoms with Crippen LogP contribution < -0.4 is 15.7 Å². The molecule has 6 nitrogen and oxygen atoms in total. The number of nitro benzene ring substituents is 1. The van der Waals surface area contributed by atoms with E-state index in [1.165, 1.54) is 31.0 Å². The summed E-state index contributed by atoms with van der Waals surface area (Å²) in [5.41, 5.74) is 0.243. The maximum atomic E-state index is 11.7. The van der Waals surface area contributed by atoms with Gasteiger partial charge in [-0.2, -0.15) is 0 Å². The van der Waals surface area contributed by atoms with E-state index in [1.54, 1.807) is 0 Å². The van der Waals surface area contributed by atoms with Crippen molar-refractivity contribution in [3.8, 4) is 5.75 Å². The van der Waals surface area contributed by atoms with E-state index in [4.69, 9.17) is 12.2 Å². The third kappa shape index (κ3) is 6.81. The molecule has 128 valence electrons. The molecule has 0 heterocycles. The van der Waals surface area contributed by atoms with Crippen molar-refractivity contribution in [2.45, 2.75) is 46.1 Å². The fraction of sp³-hybridized carbons (Fsp3) is 0.562. The minimum absolute atomic E-state index is 0.0918. The predicted octanol–water partition coefficient (Wildman–Crippen LogP) is 2.85. The molecule has 1 atom stereocenters. The predicted molar refractivity (Wildman–Crippen MR) is 93.3 cm³/mol. The van der Waals surface area contributed by atoms with E-state index in [1.807, 2.05) is 0 Å². The lowest BCUT2D eigenvalue weighted by atomic mass is 9.99. The number of unbranched alkanes of at least 4 members (excludes halogenated alkanes) is 1. The van der Waals surface area contributed by atoms with Crippen LogP contribution in [0.4, 0.5) is 5.69 Å². The van der Waals surface area contributed by atoms with Gasteiger partial charge in [-0.15, -0.1) is 5.75 Å². The molecule has 0 aliphatic rings. The minimum atomic E-state index is -0.515. The Balaban J connectivity index is 2.47. The zero-order valence-electron chi connectivity index (χ0n) is 13.6. The van der Waals surface area contributed by atoms with Crippen LogP contribution in [0, 0.1) is 16.0 Å². The van der Waals surface area contributed by atoms with Gasteiger partial charge in [-0.25, -0.2) is 0 Å². The highest BCUT2D eigenvalue weighted by Gasteiger charge is 2.08. The zero-order valence-corrected chi connectivity index (χ0v) is 14.4. The number of benzene rings is 1. The summed E-state index contributed by atoms with van der Waals surface area (Å²) in [6.45, 7) is 5.30. The number of nitrogens with zero attached hydrogens (tertiary/aromatic N) is 1. The number of nitro groups is 1. The summed E-state index contributed by atoms with van der Waals surface area (Å²) in [4.78, 5) is 10.2. The molecule has 0 saturated carbocycles. The standard InChI is InChI=1S/C16H25N3O3S/c1-3-5-6-12(4-2)10-17-16(23)18-11-13-9-14(19(21)22)7-8-15(13)20/h7-9,12,20H,3-6,10-11H2,1-2H3,(H2,17,18,23)/p-1/t12-/m0/s1. The summed E-state index contributed by atoms with van der Waals surface area (Å²) in [6.07, 6.45) is 4.63. The summed E-state index contributed by atoms with van der Waals surface area (Å²) in [5.74, 6) is 0.336. The number of rotatable bonds is 9. The molecule has 0 unspecified atom stereocenters. The fourth-order valence-corrected chi connectivity index (χ4v) is 2.39. The van der Waals surface area contributed by atoms with Crippen molar-refractivity contribution < 1.29 is 10.0 Å². The Hall–Kier alpha value is -1.89. The van der Waals surface area contributed by atoms with Gasteiger partial charge in [-0.3, -0.25) is 10.1 Å². The second-order valence-electron chi connectivity index (χ2n) is 5.53. The van der Waals surface area contributed by atoms with E-state index in [2.05, 4.69) is 24.5 Å². The second kappa shape index (κ2) is 9.99. The first kappa shape index (κ1) is 19.2. The SMILES string of the molecule is CCCC[C@H](CC)CNC(=S)NCc1cc([N+](=O)[O-])ccc1[O-]. The van der Waals surface area contributed by atoms with Crippen LogP contribution in [0.2, 0.25) is 0 Å². The molecular weight excluding hydrogens is 314 g/mol. The van der Waals surface area contributed by atoms with Gasteiger partial charge in [0, 0.05) is 25.2 Å². The molecule has 2 N–H and O–H groups in total. The van der Waals surface area contributed by atoms with Crippen LogP contribution in [0.1, 0.15) is 45.1 Å². The second-order valence-corrected chi connectivity index (χ2v) is 5.94. The monoisotopic (exact) mass is 338 g/mol. The molecule has 0 saturated heterocycles. The van der Waals surface area contributed by atoms with E-state index in [-0.39, 0.29) is 18.0 Å². The van der Waals surface area contributed by atoms with Gasteiger partial charge in [-0.1, -0.05) is 39.2 Å². The lowest BCUT2D eigenvalue weighted by Crippen LogP contribution is -2.37. The van der Waals surface area contributed by atoms with Crippen molar-refractivity contribution in [3.05, 3.63) is 33.9 Å². The summed E-state index contributed by atoms with van der Waals surface area (Å²) in [5, 5.41) is 29.0. The summed E-state index contributed by atoms with van der Waals surface area (Å²) in [7, 11) is 0. The van der Waals surface area contributed by atoms with Crippen LogP contribution in [-0.2, 0) is 6.54 Å². The van der Waals surface area contributed by atoms with Gasteiger partial charge >= 0.3 is 0 Å². The average molecular weight is 338 g/mol. The Bertz CT molecular complexity index is 537. The number of hydrogen-bond acceptors (Lipinski definition) is 4. The molecular formula is C16H24N3O3S-. The molecule has 0 aromatic heterocycles. The van der Waals surface area contributed by atoms with E-state index in [0.29, 0.717) is 16.6 Å². The van der Waals surface area contributed by atoms with Gasteiger partial charge < -0.3 is 15.7 Å². The van der Waals surface area contributed by atoms with Gasteiger partial charge in [0.05, 0.1) is 4.92 Å². The van der Waals surface area contributed by atoms with Crippen LogP contribution >= 0.6 is 12.2 Å². The molecule has 1 aromatic rings. The Morgan fingerprint density at radius 2 is 2.09 bits per heavy atom. The quantitative estimate of drug-likeness (QED) is 0.409.